The van der Waals surface area contributed by atoms with Crippen molar-refractivity contribution in [2.75, 3.05) is 0 Å². The zero-order valence-electron chi connectivity index (χ0n) is 19.4. The SMILES string of the molecule is CC(NC(=O)C(NC(=O)C(N)Cc1cnc[nH]1)C(C)C)C(=O)NC(Cc1ccccc1)C(=O)O. The van der Waals surface area contributed by atoms with Gasteiger partial charge in [0, 0.05) is 24.7 Å². The van der Waals surface area contributed by atoms with Crippen molar-refractivity contribution in [2.24, 2.45) is 11.7 Å². The molecule has 4 atom stereocenters. The number of carbonyl (C=O) groups is 4. The number of nitrogens with two attached hydrogens (primary N) is 1. The second-order valence-corrected chi connectivity index (χ2v) is 8.44. The van der Waals surface area contributed by atoms with Gasteiger partial charge in [-0.2, -0.15) is 0 Å². The molecule has 184 valence electrons. The smallest absolute Gasteiger partial charge is 0.326 e. The number of benzene rings is 1. The Morgan fingerprint density at radius 1 is 0.971 bits per heavy atom. The Morgan fingerprint density at radius 2 is 1.65 bits per heavy atom. The Hall–Kier alpha value is -3.73. The van der Waals surface area contributed by atoms with E-state index in [4.69, 9.17) is 5.73 Å². The van der Waals surface area contributed by atoms with Gasteiger partial charge in [-0.25, -0.2) is 9.78 Å². The number of carbonyl (C=O) groups excluding carboxylic acids is 3. The highest BCUT2D eigenvalue weighted by atomic mass is 16.4. The lowest BCUT2D eigenvalue weighted by molar-refractivity contribution is -0.142. The third-order valence-electron chi connectivity index (χ3n) is 5.23. The third-order valence-corrected chi connectivity index (χ3v) is 5.23. The average Bonchev–Trinajstić information content (AvgIpc) is 3.29. The van der Waals surface area contributed by atoms with Crippen LogP contribution in [0, 0.1) is 5.92 Å². The molecule has 0 spiro atoms. The van der Waals surface area contributed by atoms with E-state index in [2.05, 4.69) is 25.9 Å². The number of nitrogens with one attached hydrogen (secondary N) is 4. The Labute approximate surface area is 197 Å². The number of aromatic nitrogens is 2. The zero-order chi connectivity index (χ0) is 25.3. The van der Waals surface area contributed by atoms with Crippen molar-refractivity contribution >= 4 is 23.7 Å². The molecule has 0 saturated carbocycles. The van der Waals surface area contributed by atoms with Gasteiger partial charge < -0.3 is 31.8 Å². The third kappa shape index (κ3) is 8.00. The Morgan fingerprint density at radius 3 is 2.21 bits per heavy atom. The molecule has 0 radical (unpaired) electrons. The van der Waals surface area contributed by atoms with Crippen molar-refractivity contribution in [3.8, 4) is 0 Å². The van der Waals surface area contributed by atoms with Gasteiger partial charge in [0.1, 0.15) is 18.1 Å². The van der Waals surface area contributed by atoms with E-state index in [0.717, 1.165) is 5.56 Å². The van der Waals surface area contributed by atoms with Crippen molar-refractivity contribution in [1.29, 1.82) is 0 Å². The number of H-pyrrole nitrogens is 1. The molecule has 0 aliphatic heterocycles. The van der Waals surface area contributed by atoms with Gasteiger partial charge in [0.15, 0.2) is 0 Å². The van der Waals surface area contributed by atoms with Crippen LogP contribution in [-0.2, 0) is 32.0 Å². The molecule has 1 heterocycles. The number of carboxylic acid groups (broad SMARTS) is 1. The molecule has 0 fully saturated rings. The van der Waals surface area contributed by atoms with Crippen LogP contribution in [0.15, 0.2) is 42.9 Å². The van der Waals surface area contributed by atoms with Crippen molar-refractivity contribution in [3.05, 3.63) is 54.1 Å². The number of amides is 3. The molecule has 1 aromatic carbocycles. The lowest BCUT2D eigenvalue weighted by atomic mass is 10.0. The van der Waals surface area contributed by atoms with Crippen LogP contribution in [0.3, 0.4) is 0 Å². The molecule has 0 bridgehead atoms. The molecule has 7 N–H and O–H groups in total. The molecular weight excluding hydrogens is 440 g/mol. The normalized spacial score (nSPS) is 14.5. The number of nitrogens with zero attached hydrogens (tertiary/aromatic N) is 1. The van der Waals surface area contributed by atoms with Gasteiger partial charge in [-0.3, -0.25) is 14.4 Å². The Balaban J connectivity index is 1.94. The first-order chi connectivity index (χ1) is 16.1. The number of aromatic amines is 1. The van der Waals surface area contributed by atoms with E-state index >= 15 is 0 Å². The number of hydrogen-bond donors (Lipinski definition) is 6. The van der Waals surface area contributed by atoms with Gasteiger partial charge in [0.25, 0.3) is 0 Å². The zero-order valence-corrected chi connectivity index (χ0v) is 19.4. The summed E-state index contributed by atoms with van der Waals surface area (Å²) in [5, 5.41) is 17.1. The number of rotatable bonds is 12. The summed E-state index contributed by atoms with van der Waals surface area (Å²) in [6.07, 6.45) is 3.35. The standard InChI is InChI=1S/C23H32N6O5/c1-13(2)19(29-21(31)17(24)10-16-11-25-12-26-16)22(32)27-14(3)20(30)28-18(23(33)34)9-15-7-5-4-6-8-15/h4-8,11-14,17-19H,9-10,24H2,1-3H3,(H,25,26)(H,27,32)(H,28,30)(H,29,31)(H,33,34). The summed E-state index contributed by atoms with van der Waals surface area (Å²) in [6.45, 7) is 4.93. The Kier molecular flexibility index (Phi) is 9.75. The molecule has 0 aliphatic rings. The number of hydrogen-bond acceptors (Lipinski definition) is 6. The van der Waals surface area contributed by atoms with Crippen molar-refractivity contribution in [3.63, 3.8) is 0 Å². The summed E-state index contributed by atoms with van der Waals surface area (Å²) >= 11 is 0. The van der Waals surface area contributed by atoms with E-state index in [1.54, 1.807) is 44.3 Å². The average molecular weight is 473 g/mol. The summed E-state index contributed by atoms with van der Waals surface area (Å²) in [7, 11) is 0. The maximum Gasteiger partial charge on any atom is 0.326 e. The van der Waals surface area contributed by atoms with Crippen molar-refractivity contribution in [2.45, 2.75) is 57.8 Å². The van der Waals surface area contributed by atoms with Crippen molar-refractivity contribution in [1.82, 2.24) is 25.9 Å². The van der Waals surface area contributed by atoms with Gasteiger partial charge in [-0.05, 0) is 18.4 Å². The maximum absolute atomic E-state index is 12.8. The van der Waals surface area contributed by atoms with Gasteiger partial charge in [-0.15, -0.1) is 0 Å². The molecule has 11 nitrogen and oxygen atoms in total. The second-order valence-electron chi connectivity index (χ2n) is 8.44. The molecule has 3 amide bonds. The predicted molar refractivity (Wildman–Crippen MR) is 124 cm³/mol. The summed E-state index contributed by atoms with van der Waals surface area (Å²) < 4.78 is 0. The van der Waals surface area contributed by atoms with E-state index in [0.29, 0.717) is 5.69 Å². The molecule has 2 aromatic rings. The van der Waals surface area contributed by atoms with Crippen molar-refractivity contribution < 1.29 is 24.3 Å². The van der Waals surface area contributed by atoms with E-state index < -0.39 is 47.9 Å². The Bertz CT molecular complexity index is 963. The largest absolute Gasteiger partial charge is 0.480 e. The highest BCUT2D eigenvalue weighted by molar-refractivity contribution is 5.94. The van der Waals surface area contributed by atoms with E-state index in [-0.39, 0.29) is 18.8 Å². The van der Waals surface area contributed by atoms with Crippen LogP contribution in [-0.4, -0.2) is 62.9 Å². The maximum atomic E-state index is 12.8. The quantitative estimate of drug-likeness (QED) is 0.246. The second kappa shape index (κ2) is 12.5. The van der Waals surface area contributed by atoms with Gasteiger partial charge in [-0.1, -0.05) is 44.2 Å². The van der Waals surface area contributed by atoms with Crippen LogP contribution in [0.1, 0.15) is 32.0 Å². The molecule has 11 heteroatoms. The van der Waals surface area contributed by atoms with E-state index in [1.165, 1.54) is 13.3 Å². The summed E-state index contributed by atoms with van der Waals surface area (Å²) in [5.41, 5.74) is 7.37. The summed E-state index contributed by atoms with van der Waals surface area (Å²) in [5.74, 6) is -3.22. The van der Waals surface area contributed by atoms with Gasteiger partial charge in [0.2, 0.25) is 17.7 Å². The lowest BCUT2D eigenvalue weighted by Crippen LogP contribution is -2.58. The van der Waals surface area contributed by atoms with Crippen LogP contribution >= 0.6 is 0 Å². The predicted octanol–water partition coefficient (Wildman–Crippen LogP) is -0.263. The van der Waals surface area contributed by atoms with Crippen LogP contribution in [0.25, 0.3) is 0 Å². The number of carboxylic acids is 1. The van der Waals surface area contributed by atoms with Crippen LogP contribution in [0.5, 0.6) is 0 Å². The van der Waals surface area contributed by atoms with Crippen LogP contribution < -0.4 is 21.7 Å². The van der Waals surface area contributed by atoms with E-state index in [1.807, 2.05) is 6.07 Å². The number of aliphatic carboxylic acids is 1. The minimum Gasteiger partial charge on any atom is -0.480 e. The highest BCUT2D eigenvalue weighted by Gasteiger charge is 2.30. The van der Waals surface area contributed by atoms with Crippen LogP contribution in [0.4, 0.5) is 0 Å². The summed E-state index contributed by atoms with van der Waals surface area (Å²) in [6, 6.07) is 4.88. The molecular formula is C23H32N6O5. The number of imidazole rings is 1. The molecule has 34 heavy (non-hydrogen) atoms. The molecule has 0 aliphatic carbocycles. The van der Waals surface area contributed by atoms with Gasteiger partial charge >= 0.3 is 5.97 Å². The summed E-state index contributed by atoms with van der Waals surface area (Å²) in [4.78, 5) is 56.2. The van der Waals surface area contributed by atoms with E-state index in [9.17, 15) is 24.3 Å². The topological polar surface area (TPSA) is 179 Å². The fourth-order valence-corrected chi connectivity index (χ4v) is 3.24. The monoisotopic (exact) mass is 472 g/mol. The molecule has 4 unspecified atom stereocenters. The molecule has 2 rings (SSSR count). The fraction of sp³-hybridized carbons (Fsp3) is 0.435. The lowest BCUT2D eigenvalue weighted by Gasteiger charge is -2.25. The first-order valence-electron chi connectivity index (χ1n) is 11.0. The molecule has 1 aromatic heterocycles. The first-order valence-corrected chi connectivity index (χ1v) is 11.0. The van der Waals surface area contributed by atoms with Gasteiger partial charge in [0.05, 0.1) is 12.4 Å². The highest BCUT2D eigenvalue weighted by Crippen LogP contribution is 2.06. The van der Waals surface area contributed by atoms with Crippen LogP contribution in [0.2, 0.25) is 0 Å². The first kappa shape index (κ1) is 26.5. The fourth-order valence-electron chi connectivity index (χ4n) is 3.24. The molecule has 0 saturated heterocycles. The minimum absolute atomic E-state index is 0.0987. The minimum atomic E-state index is -1.19.